The van der Waals surface area contributed by atoms with Crippen LogP contribution < -0.4 is 0 Å². The Hall–Kier alpha value is -1.12. The molecule has 0 radical (unpaired) electrons. The van der Waals surface area contributed by atoms with Crippen molar-refractivity contribution in [2.24, 2.45) is 29.1 Å². The van der Waals surface area contributed by atoms with E-state index in [1.807, 2.05) is 13.8 Å². The maximum Gasteiger partial charge on any atom is 0.233 e. The highest BCUT2D eigenvalue weighted by Crippen LogP contribution is 2.73. The van der Waals surface area contributed by atoms with Gasteiger partial charge in [0.05, 0.1) is 11.8 Å². The van der Waals surface area contributed by atoms with E-state index in [0.29, 0.717) is 17.3 Å². The monoisotopic (exact) mass is 231 g/mol. The average molecular weight is 231 g/mol. The van der Waals surface area contributed by atoms with E-state index in [4.69, 9.17) is 0 Å². The molecule has 4 aliphatic rings. The van der Waals surface area contributed by atoms with Gasteiger partial charge < -0.3 is 0 Å². The van der Waals surface area contributed by atoms with Gasteiger partial charge in [0.15, 0.2) is 0 Å². The van der Waals surface area contributed by atoms with Crippen molar-refractivity contribution in [3.05, 3.63) is 12.2 Å². The number of imide groups is 1. The number of allylic oxidation sites excluding steroid dienone is 2. The minimum absolute atomic E-state index is 0.00940. The molecule has 3 nitrogen and oxygen atoms in total. The zero-order valence-electron chi connectivity index (χ0n) is 10.2. The number of carbonyl (C=O) groups excluding carboxylic acids is 2. The van der Waals surface area contributed by atoms with Crippen LogP contribution in [0, 0.1) is 29.1 Å². The molecule has 1 spiro atoms. The van der Waals surface area contributed by atoms with Crippen molar-refractivity contribution < 1.29 is 9.59 Å². The molecule has 1 heterocycles. The number of likely N-dealkylation sites (tertiary alicyclic amines) is 1. The van der Waals surface area contributed by atoms with Gasteiger partial charge in [-0.25, -0.2) is 0 Å². The van der Waals surface area contributed by atoms with Gasteiger partial charge in [0.2, 0.25) is 11.8 Å². The summed E-state index contributed by atoms with van der Waals surface area (Å²) in [5, 5.41) is 0. The molecule has 3 aliphatic carbocycles. The predicted molar refractivity (Wildman–Crippen MR) is 61.8 cm³/mol. The van der Waals surface area contributed by atoms with E-state index in [1.165, 1.54) is 17.7 Å². The number of rotatable bonds is 1. The number of amides is 2. The molecule has 3 heteroatoms. The number of fused-ring (bicyclic) bond motifs is 3. The average Bonchev–Trinajstić information content (AvgIpc) is 2.85. The second-order valence-corrected chi connectivity index (χ2v) is 6.36. The molecular weight excluding hydrogens is 214 g/mol. The lowest BCUT2D eigenvalue weighted by atomic mass is 9.85. The van der Waals surface area contributed by atoms with Crippen LogP contribution in [0.2, 0.25) is 0 Å². The molecule has 1 aliphatic heterocycles. The van der Waals surface area contributed by atoms with Gasteiger partial charge in [0, 0.05) is 6.04 Å². The zero-order chi connectivity index (χ0) is 11.9. The quantitative estimate of drug-likeness (QED) is 0.507. The van der Waals surface area contributed by atoms with Crippen molar-refractivity contribution in [1.82, 2.24) is 4.90 Å². The third-order valence-electron chi connectivity index (χ3n) is 5.40. The van der Waals surface area contributed by atoms with Crippen molar-refractivity contribution >= 4 is 11.8 Å². The van der Waals surface area contributed by atoms with Gasteiger partial charge in [-0.1, -0.05) is 12.2 Å². The Bertz CT molecular complexity index is 427. The second-order valence-electron chi connectivity index (χ2n) is 6.36. The van der Waals surface area contributed by atoms with Crippen LogP contribution in [0.5, 0.6) is 0 Å². The highest BCUT2D eigenvalue weighted by atomic mass is 16.2. The maximum absolute atomic E-state index is 12.4. The summed E-state index contributed by atoms with van der Waals surface area (Å²) in [6, 6.07) is 0.00940. The predicted octanol–water partition coefficient (Wildman–Crippen LogP) is 1.59. The summed E-state index contributed by atoms with van der Waals surface area (Å²) in [4.78, 5) is 26.3. The van der Waals surface area contributed by atoms with E-state index in [1.54, 1.807) is 0 Å². The van der Waals surface area contributed by atoms with Crippen molar-refractivity contribution in [2.45, 2.75) is 32.7 Å². The van der Waals surface area contributed by atoms with Crippen LogP contribution in [0.1, 0.15) is 26.7 Å². The minimum Gasteiger partial charge on any atom is -0.280 e. The maximum atomic E-state index is 12.4. The summed E-state index contributed by atoms with van der Waals surface area (Å²) < 4.78 is 0. The molecule has 1 saturated heterocycles. The first-order valence-electron chi connectivity index (χ1n) is 6.63. The zero-order valence-corrected chi connectivity index (χ0v) is 10.2. The first kappa shape index (κ1) is 9.86. The third-order valence-corrected chi connectivity index (χ3v) is 5.40. The Morgan fingerprint density at radius 2 is 1.59 bits per heavy atom. The molecule has 0 aromatic rings. The topological polar surface area (TPSA) is 37.4 Å². The summed E-state index contributed by atoms with van der Waals surface area (Å²) in [6.45, 7) is 3.86. The molecule has 2 bridgehead atoms. The van der Waals surface area contributed by atoms with Gasteiger partial charge >= 0.3 is 0 Å². The molecule has 0 aromatic heterocycles. The van der Waals surface area contributed by atoms with Gasteiger partial charge in [0.25, 0.3) is 0 Å². The molecule has 4 atom stereocenters. The molecule has 3 fully saturated rings. The Kier molecular flexibility index (Phi) is 1.54. The van der Waals surface area contributed by atoms with E-state index < -0.39 is 0 Å². The van der Waals surface area contributed by atoms with Gasteiger partial charge in [-0.05, 0) is 43.9 Å². The Balaban J connectivity index is 1.79. The number of carbonyl (C=O) groups is 2. The van der Waals surface area contributed by atoms with E-state index in [2.05, 4.69) is 12.2 Å². The molecule has 17 heavy (non-hydrogen) atoms. The fraction of sp³-hybridized carbons (Fsp3) is 0.714. The largest absolute Gasteiger partial charge is 0.280 e. The molecule has 0 unspecified atom stereocenters. The number of hydrogen-bond acceptors (Lipinski definition) is 2. The molecule has 0 aromatic carbocycles. The van der Waals surface area contributed by atoms with Crippen LogP contribution >= 0.6 is 0 Å². The van der Waals surface area contributed by atoms with Crippen LogP contribution in [0.3, 0.4) is 0 Å². The summed E-state index contributed by atoms with van der Waals surface area (Å²) in [7, 11) is 0. The number of nitrogens with zero attached hydrogens (tertiary/aromatic N) is 1. The van der Waals surface area contributed by atoms with Crippen LogP contribution in [0.15, 0.2) is 12.2 Å². The smallest absolute Gasteiger partial charge is 0.233 e. The molecule has 0 N–H and O–H groups in total. The van der Waals surface area contributed by atoms with Crippen molar-refractivity contribution in [3.8, 4) is 0 Å². The highest BCUT2D eigenvalue weighted by molar-refractivity contribution is 6.07. The Morgan fingerprint density at radius 3 is 1.94 bits per heavy atom. The van der Waals surface area contributed by atoms with Gasteiger partial charge in [-0.15, -0.1) is 0 Å². The minimum atomic E-state index is -0.0256. The lowest BCUT2D eigenvalue weighted by Gasteiger charge is -2.24. The number of hydrogen-bond donors (Lipinski definition) is 0. The van der Waals surface area contributed by atoms with Crippen molar-refractivity contribution in [1.29, 1.82) is 0 Å². The highest BCUT2D eigenvalue weighted by Gasteiger charge is 2.73. The third kappa shape index (κ3) is 0.883. The molecule has 4 rings (SSSR count). The molecule has 2 amide bonds. The lowest BCUT2D eigenvalue weighted by molar-refractivity contribution is -0.143. The van der Waals surface area contributed by atoms with Crippen LogP contribution in [-0.4, -0.2) is 22.8 Å². The fourth-order valence-corrected chi connectivity index (χ4v) is 4.61. The van der Waals surface area contributed by atoms with Gasteiger partial charge in [0.1, 0.15) is 0 Å². The lowest BCUT2D eigenvalue weighted by Crippen LogP contribution is -2.39. The molecular formula is C14H17NO2. The van der Waals surface area contributed by atoms with Crippen LogP contribution in [-0.2, 0) is 9.59 Å². The first-order valence-corrected chi connectivity index (χ1v) is 6.63. The molecule has 2 saturated carbocycles. The van der Waals surface area contributed by atoms with Crippen LogP contribution in [0.4, 0.5) is 0 Å². The fourth-order valence-electron chi connectivity index (χ4n) is 4.61. The van der Waals surface area contributed by atoms with E-state index in [-0.39, 0.29) is 29.7 Å². The van der Waals surface area contributed by atoms with Crippen molar-refractivity contribution in [2.75, 3.05) is 0 Å². The summed E-state index contributed by atoms with van der Waals surface area (Å²) >= 11 is 0. The van der Waals surface area contributed by atoms with Crippen LogP contribution in [0.25, 0.3) is 0 Å². The normalized spacial score (nSPS) is 44.3. The van der Waals surface area contributed by atoms with Crippen molar-refractivity contribution in [3.63, 3.8) is 0 Å². The summed E-state index contributed by atoms with van der Waals surface area (Å²) in [6.07, 6.45) is 6.86. The summed E-state index contributed by atoms with van der Waals surface area (Å²) in [5.74, 6) is 0.858. The van der Waals surface area contributed by atoms with E-state index >= 15 is 0 Å². The first-order chi connectivity index (χ1) is 8.08. The SMILES string of the molecule is CC(C)N1C(=O)[C@H]2[C@H](C1=O)[C@H]1C=C[C@H]2C12CC2. The Labute approximate surface area is 101 Å². The van der Waals surface area contributed by atoms with Gasteiger partial charge in [-0.2, -0.15) is 0 Å². The van der Waals surface area contributed by atoms with E-state index in [0.717, 1.165) is 0 Å². The standard InChI is InChI=1S/C14H17NO2/c1-7(2)15-12(16)10-8-3-4-9(11(10)13(15)17)14(8)5-6-14/h3-4,7-11H,5-6H2,1-2H3/t8-,9-,10-,11-/m1/s1. The van der Waals surface area contributed by atoms with Gasteiger partial charge in [-0.3, -0.25) is 14.5 Å². The second kappa shape index (κ2) is 2.65. The van der Waals surface area contributed by atoms with E-state index in [9.17, 15) is 9.59 Å². The molecule has 90 valence electrons. The summed E-state index contributed by atoms with van der Waals surface area (Å²) in [5.41, 5.74) is 0.323. The Morgan fingerprint density at radius 1 is 1.12 bits per heavy atom.